The largest absolute Gasteiger partial charge is 0.491 e. The lowest BCUT2D eigenvalue weighted by molar-refractivity contribution is -0.118. The molecule has 0 fully saturated rings. The smallest absolute Gasteiger partial charge is 0.230 e. The molecule has 1 aliphatic rings. The number of fused-ring (bicyclic) bond motifs is 1. The highest BCUT2D eigenvalue weighted by Crippen LogP contribution is 2.31. The average molecular weight is 229 g/mol. The Hall–Kier alpha value is -2.28. The zero-order valence-corrected chi connectivity index (χ0v) is 9.40. The van der Waals surface area contributed by atoms with Gasteiger partial charge in [-0.05, 0) is 24.1 Å². The average Bonchev–Trinajstić information content (AvgIpc) is 2.48. The highest BCUT2D eigenvalue weighted by molar-refractivity contribution is 5.95. The van der Waals surface area contributed by atoms with Crippen LogP contribution in [0.15, 0.2) is 18.2 Å². The Morgan fingerprint density at radius 2 is 2.29 bits per heavy atom. The number of benzene rings is 1. The molecule has 0 aromatic heterocycles. The van der Waals surface area contributed by atoms with Crippen molar-refractivity contribution in [2.45, 2.75) is 6.42 Å². The summed E-state index contributed by atoms with van der Waals surface area (Å²) in [5.74, 6) is 5.69. The number of aldehydes is 1. The number of ether oxygens (including phenoxy) is 1. The Labute approximate surface area is 99.2 Å². The van der Waals surface area contributed by atoms with E-state index in [2.05, 4.69) is 11.8 Å². The van der Waals surface area contributed by atoms with Crippen LogP contribution in [0.4, 0.5) is 5.69 Å². The van der Waals surface area contributed by atoms with Crippen molar-refractivity contribution in [1.82, 2.24) is 0 Å². The summed E-state index contributed by atoms with van der Waals surface area (Å²) >= 11 is 0. The summed E-state index contributed by atoms with van der Waals surface area (Å²) in [6.07, 6.45) is 0.900. The first-order chi connectivity index (χ1) is 8.22. The monoisotopic (exact) mass is 229 g/mol. The van der Waals surface area contributed by atoms with Gasteiger partial charge in [0, 0.05) is 12.6 Å². The highest BCUT2D eigenvalue weighted by atomic mass is 16.5. The van der Waals surface area contributed by atoms with Crippen LogP contribution in [0.2, 0.25) is 0 Å². The van der Waals surface area contributed by atoms with Gasteiger partial charge in [0.15, 0.2) is 6.29 Å². The molecule has 1 amide bonds. The van der Waals surface area contributed by atoms with Crippen molar-refractivity contribution in [2.75, 3.05) is 18.6 Å². The lowest BCUT2D eigenvalue weighted by atomic mass is 10.1. The summed E-state index contributed by atoms with van der Waals surface area (Å²) < 4.78 is 5.47. The van der Waals surface area contributed by atoms with E-state index in [9.17, 15) is 9.59 Å². The molecule has 0 radical (unpaired) electrons. The molecule has 0 unspecified atom stereocenters. The first-order valence-electron chi connectivity index (χ1n) is 5.21. The molecule has 0 saturated heterocycles. The van der Waals surface area contributed by atoms with Gasteiger partial charge >= 0.3 is 0 Å². The molecule has 1 aromatic rings. The van der Waals surface area contributed by atoms with Crippen LogP contribution in [0.5, 0.6) is 5.75 Å². The fourth-order valence-electron chi connectivity index (χ4n) is 1.64. The van der Waals surface area contributed by atoms with Gasteiger partial charge in [0.1, 0.15) is 5.75 Å². The molecule has 0 saturated carbocycles. The van der Waals surface area contributed by atoms with E-state index in [4.69, 9.17) is 4.74 Å². The molecule has 4 nitrogen and oxygen atoms in total. The normalized spacial score (nSPS) is 13.9. The fourth-order valence-corrected chi connectivity index (χ4v) is 1.64. The second kappa shape index (κ2) is 4.71. The minimum absolute atomic E-state index is 0.00393. The molecule has 1 aromatic carbocycles. The van der Waals surface area contributed by atoms with Crippen LogP contribution in [0.1, 0.15) is 12.0 Å². The molecule has 0 aliphatic carbocycles. The fraction of sp³-hybridized carbons (Fsp3) is 0.231. The molecular weight excluding hydrogens is 218 g/mol. The second-order valence-corrected chi connectivity index (χ2v) is 3.62. The summed E-state index contributed by atoms with van der Waals surface area (Å²) in [5.41, 5.74) is 1.37. The molecule has 0 bridgehead atoms. The molecular formula is C13H11NO3. The van der Waals surface area contributed by atoms with Gasteiger partial charge in [-0.15, -0.1) is 0 Å². The Balaban J connectivity index is 2.45. The van der Waals surface area contributed by atoms with Crippen LogP contribution >= 0.6 is 0 Å². The highest BCUT2D eigenvalue weighted by Gasteiger charge is 2.19. The molecule has 1 aliphatic heterocycles. The number of hydrogen-bond acceptors (Lipinski definition) is 3. The van der Waals surface area contributed by atoms with Gasteiger partial charge in [0.2, 0.25) is 5.91 Å². The van der Waals surface area contributed by atoms with E-state index in [1.165, 1.54) is 0 Å². The Morgan fingerprint density at radius 3 is 3.06 bits per heavy atom. The standard InChI is InChI=1S/C13H11NO3/c1-14-11-9-10(3-2-7-15)4-5-12(11)17-8-6-13(14)16/h4-5,7,9H,6,8H2,1H3. The summed E-state index contributed by atoms with van der Waals surface area (Å²) in [4.78, 5) is 23.4. The summed E-state index contributed by atoms with van der Waals surface area (Å²) in [7, 11) is 1.70. The molecule has 4 heteroatoms. The Kier molecular flexibility index (Phi) is 3.10. The lowest BCUT2D eigenvalue weighted by Gasteiger charge is -2.16. The van der Waals surface area contributed by atoms with Gasteiger partial charge in [-0.25, -0.2) is 0 Å². The van der Waals surface area contributed by atoms with Crippen molar-refractivity contribution in [1.29, 1.82) is 0 Å². The van der Waals surface area contributed by atoms with Gasteiger partial charge in [-0.2, -0.15) is 0 Å². The first kappa shape index (κ1) is 11.2. The van der Waals surface area contributed by atoms with Gasteiger partial charge in [0.05, 0.1) is 18.7 Å². The van der Waals surface area contributed by atoms with Crippen molar-refractivity contribution in [2.24, 2.45) is 0 Å². The van der Waals surface area contributed by atoms with Crippen molar-refractivity contribution >= 4 is 17.9 Å². The van der Waals surface area contributed by atoms with E-state index in [0.717, 1.165) is 0 Å². The van der Waals surface area contributed by atoms with Crippen LogP contribution in [0, 0.1) is 11.8 Å². The van der Waals surface area contributed by atoms with Crippen LogP contribution in [0.25, 0.3) is 0 Å². The van der Waals surface area contributed by atoms with E-state index in [-0.39, 0.29) is 5.91 Å². The van der Waals surface area contributed by atoms with Gasteiger partial charge in [0.25, 0.3) is 0 Å². The predicted octanol–water partition coefficient (Wildman–Crippen LogP) is 0.982. The predicted molar refractivity (Wildman–Crippen MR) is 62.9 cm³/mol. The van der Waals surface area contributed by atoms with Crippen LogP contribution in [-0.2, 0) is 9.59 Å². The third-order valence-electron chi connectivity index (χ3n) is 2.54. The quantitative estimate of drug-likeness (QED) is 0.492. The molecule has 0 atom stereocenters. The third-order valence-corrected chi connectivity index (χ3v) is 2.54. The van der Waals surface area contributed by atoms with E-state index in [1.807, 2.05) is 0 Å². The van der Waals surface area contributed by atoms with E-state index in [0.29, 0.717) is 36.3 Å². The van der Waals surface area contributed by atoms with Gasteiger partial charge in [-0.1, -0.05) is 5.92 Å². The zero-order valence-electron chi connectivity index (χ0n) is 9.40. The van der Waals surface area contributed by atoms with Crippen LogP contribution in [0.3, 0.4) is 0 Å². The second-order valence-electron chi connectivity index (χ2n) is 3.62. The van der Waals surface area contributed by atoms with Crippen LogP contribution < -0.4 is 9.64 Å². The lowest BCUT2D eigenvalue weighted by Crippen LogP contribution is -2.25. The minimum Gasteiger partial charge on any atom is -0.491 e. The van der Waals surface area contributed by atoms with Crippen molar-refractivity contribution in [3.05, 3.63) is 23.8 Å². The first-order valence-corrected chi connectivity index (χ1v) is 5.21. The molecule has 0 N–H and O–H groups in total. The van der Waals surface area contributed by atoms with Gasteiger partial charge in [-0.3, -0.25) is 9.59 Å². The Morgan fingerprint density at radius 1 is 1.47 bits per heavy atom. The topological polar surface area (TPSA) is 46.6 Å². The number of nitrogens with zero attached hydrogens (tertiary/aromatic N) is 1. The molecule has 17 heavy (non-hydrogen) atoms. The maximum absolute atomic E-state index is 11.7. The molecule has 0 spiro atoms. The minimum atomic E-state index is 0.00393. The summed E-state index contributed by atoms with van der Waals surface area (Å²) in [5, 5.41) is 0. The summed E-state index contributed by atoms with van der Waals surface area (Å²) in [6.45, 7) is 0.384. The van der Waals surface area contributed by atoms with Gasteiger partial charge < -0.3 is 9.64 Å². The number of amides is 1. The van der Waals surface area contributed by atoms with Crippen LogP contribution in [-0.4, -0.2) is 25.8 Å². The number of rotatable bonds is 0. The number of anilines is 1. The molecule has 86 valence electrons. The van der Waals surface area contributed by atoms with Crippen molar-refractivity contribution < 1.29 is 14.3 Å². The zero-order chi connectivity index (χ0) is 12.3. The molecule has 1 heterocycles. The number of carbonyl (C=O) groups excluding carboxylic acids is 2. The number of hydrogen-bond donors (Lipinski definition) is 0. The SMILES string of the molecule is CN1C(=O)CCOc2ccc(C#CC=O)cc21. The van der Waals surface area contributed by atoms with Crippen molar-refractivity contribution in [3.8, 4) is 17.6 Å². The maximum Gasteiger partial charge on any atom is 0.230 e. The van der Waals surface area contributed by atoms with E-state index < -0.39 is 0 Å². The number of carbonyl (C=O) groups is 2. The Bertz CT molecular complexity index is 525. The van der Waals surface area contributed by atoms with Crippen molar-refractivity contribution in [3.63, 3.8) is 0 Å². The van der Waals surface area contributed by atoms with E-state index >= 15 is 0 Å². The summed E-state index contributed by atoms with van der Waals surface area (Å²) in [6, 6.07) is 5.27. The molecule has 2 rings (SSSR count). The van der Waals surface area contributed by atoms with E-state index in [1.54, 1.807) is 30.1 Å². The maximum atomic E-state index is 11.7. The third kappa shape index (κ3) is 2.28.